The van der Waals surface area contributed by atoms with Gasteiger partial charge in [0, 0.05) is 18.0 Å². The van der Waals surface area contributed by atoms with Gasteiger partial charge >= 0.3 is 0 Å². The van der Waals surface area contributed by atoms with Crippen LogP contribution in [0.25, 0.3) is 10.2 Å². The first-order valence-electron chi connectivity index (χ1n) is 10.7. The lowest BCUT2D eigenvalue weighted by atomic mass is 9.95. The zero-order chi connectivity index (χ0) is 19.1. The van der Waals surface area contributed by atoms with E-state index in [1.165, 1.54) is 41.5 Å². The monoisotopic (exact) mass is 402 g/mol. The molecule has 0 bridgehead atoms. The first-order chi connectivity index (χ1) is 13.7. The molecule has 3 aliphatic rings. The number of nitrogens with one attached hydrogen (secondary N) is 1. The molecule has 0 radical (unpaired) electrons. The van der Waals surface area contributed by atoms with E-state index in [-0.39, 0.29) is 12.1 Å². The van der Waals surface area contributed by atoms with E-state index in [0.29, 0.717) is 5.92 Å². The number of hydrogen-bond acceptors (Lipinski definition) is 7. The van der Waals surface area contributed by atoms with Gasteiger partial charge in [-0.1, -0.05) is 0 Å². The van der Waals surface area contributed by atoms with Crippen LogP contribution in [0.1, 0.15) is 48.9 Å². The van der Waals surface area contributed by atoms with E-state index >= 15 is 0 Å². The number of rotatable bonds is 6. The number of fused-ring (bicyclic) bond motifs is 3. The van der Waals surface area contributed by atoms with Gasteiger partial charge in [0.25, 0.3) is 0 Å². The van der Waals surface area contributed by atoms with Crippen molar-refractivity contribution >= 4 is 27.4 Å². The molecule has 2 aromatic heterocycles. The average Bonchev–Trinajstić information content (AvgIpc) is 3.50. The van der Waals surface area contributed by atoms with Crippen molar-refractivity contribution in [1.82, 2.24) is 14.9 Å². The molecule has 0 spiro atoms. The maximum atomic E-state index is 10.1. The Morgan fingerprint density at radius 1 is 1.21 bits per heavy atom. The minimum absolute atomic E-state index is 0.133. The lowest BCUT2D eigenvalue weighted by Gasteiger charge is -2.30. The molecular formula is C21H30N4O2S. The zero-order valence-electron chi connectivity index (χ0n) is 16.7. The number of hydrogen-bond donors (Lipinski definition) is 2. The van der Waals surface area contributed by atoms with Crippen molar-refractivity contribution in [2.75, 3.05) is 38.2 Å². The van der Waals surface area contributed by atoms with E-state index in [9.17, 15) is 5.11 Å². The van der Waals surface area contributed by atoms with Crippen LogP contribution >= 0.6 is 11.3 Å². The van der Waals surface area contributed by atoms with Crippen molar-refractivity contribution in [2.45, 2.75) is 57.5 Å². The summed E-state index contributed by atoms with van der Waals surface area (Å²) in [5.41, 5.74) is 1.14. The Kier molecular flexibility index (Phi) is 5.03. The molecule has 152 valence electrons. The lowest BCUT2D eigenvalue weighted by Crippen LogP contribution is -2.41. The second kappa shape index (κ2) is 7.52. The van der Waals surface area contributed by atoms with Gasteiger partial charge < -0.3 is 15.2 Å². The number of ether oxygens (including phenoxy) is 1. The van der Waals surface area contributed by atoms with Crippen molar-refractivity contribution in [3.05, 3.63) is 16.3 Å². The summed E-state index contributed by atoms with van der Waals surface area (Å²) in [6.45, 7) is 6.46. The second-order valence-electron chi connectivity index (χ2n) is 8.74. The Morgan fingerprint density at radius 2 is 2.00 bits per heavy atom. The zero-order valence-corrected chi connectivity index (χ0v) is 17.5. The Hall–Kier alpha value is -1.28. The largest absolute Gasteiger partial charge is 0.394 e. The van der Waals surface area contributed by atoms with Crippen LogP contribution < -0.4 is 5.32 Å². The van der Waals surface area contributed by atoms with Crippen molar-refractivity contribution in [3.8, 4) is 0 Å². The summed E-state index contributed by atoms with van der Waals surface area (Å²) in [6, 6.07) is 0. The Bertz CT molecular complexity index is 860. The molecule has 6 nitrogen and oxygen atoms in total. The lowest BCUT2D eigenvalue weighted by molar-refractivity contribution is 0.0331. The molecule has 28 heavy (non-hydrogen) atoms. The van der Waals surface area contributed by atoms with Gasteiger partial charge in [-0.2, -0.15) is 0 Å². The molecule has 7 heteroatoms. The molecular weight excluding hydrogens is 372 g/mol. The van der Waals surface area contributed by atoms with Crippen LogP contribution in [0.2, 0.25) is 0 Å². The SMILES string of the molecule is CC(CO)(Nc1nc(CN2CCOCC2)nc2sc3c(c12)CCCC3)C1CC1. The number of aliphatic hydroxyl groups is 1. The predicted molar refractivity (Wildman–Crippen MR) is 112 cm³/mol. The number of morpholine rings is 1. The molecule has 1 saturated heterocycles. The summed E-state index contributed by atoms with van der Waals surface area (Å²) in [7, 11) is 0. The Balaban J connectivity index is 1.54. The van der Waals surface area contributed by atoms with Crippen LogP contribution in [0.15, 0.2) is 0 Å². The van der Waals surface area contributed by atoms with E-state index in [4.69, 9.17) is 14.7 Å². The standard InChI is InChI=1S/C21H30N4O2S/c1-21(13-26,14-6-7-14)24-19-18-15-4-2-3-5-16(15)28-20(18)23-17(22-19)12-25-8-10-27-11-9-25/h14,26H,2-13H2,1H3,(H,22,23,24). The van der Waals surface area contributed by atoms with E-state index in [0.717, 1.165) is 62.2 Å². The third kappa shape index (κ3) is 3.54. The van der Waals surface area contributed by atoms with Gasteiger partial charge in [-0.3, -0.25) is 4.90 Å². The molecule has 0 aromatic carbocycles. The fraction of sp³-hybridized carbons (Fsp3) is 0.714. The van der Waals surface area contributed by atoms with Crippen molar-refractivity contribution in [3.63, 3.8) is 0 Å². The fourth-order valence-electron chi connectivity index (χ4n) is 4.58. The van der Waals surface area contributed by atoms with Crippen molar-refractivity contribution in [2.24, 2.45) is 5.92 Å². The van der Waals surface area contributed by atoms with Crippen LogP contribution in [0.5, 0.6) is 0 Å². The van der Waals surface area contributed by atoms with Gasteiger partial charge in [0.15, 0.2) is 0 Å². The van der Waals surface area contributed by atoms with Gasteiger partial charge in [0.2, 0.25) is 0 Å². The first kappa shape index (κ1) is 18.7. The first-order valence-corrected chi connectivity index (χ1v) is 11.5. The molecule has 2 aromatic rings. The van der Waals surface area contributed by atoms with E-state index in [2.05, 4.69) is 17.1 Å². The predicted octanol–water partition coefficient (Wildman–Crippen LogP) is 2.98. The molecule has 1 aliphatic heterocycles. The van der Waals surface area contributed by atoms with Crippen molar-refractivity contribution in [1.29, 1.82) is 0 Å². The minimum atomic E-state index is -0.305. The quantitative estimate of drug-likeness (QED) is 0.774. The second-order valence-corrected chi connectivity index (χ2v) is 9.83. The summed E-state index contributed by atoms with van der Waals surface area (Å²) in [5, 5.41) is 15.0. The van der Waals surface area contributed by atoms with E-state index in [1.807, 2.05) is 11.3 Å². The molecule has 3 heterocycles. The average molecular weight is 403 g/mol. The summed E-state index contributed by atoms with van der Waals surface area (Å²) in [5.74, 6) is 2.35. The van der Waals surface area contributed by atoms with Gasteiger partial charge in [0.1, 0.15) is 16.5 Å². The fourth-order valence-corrected chi connectivity index (χ4v) is 5.86. The Labute approximate surface area is 170 Å². The molecule has 1 atom stereocenters. The van der Waals surface area contributed by atoms with E-state index in [1.54, 1.807) is 0 Å². The molecule has 5 rings (SSSR count). The maximum Gasteiger partial charge on any atom is 0.146 e. The smallest absolute Gasteiger partial charge is 0.146 e. The number of aryl methyl sites for hydroxylation is 2. The molecule has 2 aliphatic carbocycles. The van der Waals surface area contributed by atoms with Gasteiger partial charge in [-0.25, -0.2) is 9.97 Å². The number of aromatic nitrogens is 2. The van der Waals surface area contributed by atoms with E-state index < -0.39 is 0 Å². The highest BCUT2D eigenvalue weighted by molar-refractivity contribution is 7.19. The number of aliphatic hydroxyl groups excluding tert-OH is 1. The topological polar surface area (TPSA) is 70.5 Å². The highest BCUT2D eigenvalue weighted by atomic mass is 32.1. The molecule has 1 unspecified atom stereocenters. The normalized spacial score (nSPS) is 22.8. The summed E-state index contributed by atoms with van der Waals surface area (Å²) in [4.78, 5) is 15.0. The number of thiophene rings is 1. The maximum absolute atomic E-state index is 10.1. The van der Waals surface area contributed by atoms with Crippen LogP contribution in [0.4, 0.5) is 5.82 Å². The van der Waals surface area contributed by atoms with Crippen LogP contribution in [0, 0.1) is 5.92 Å². The third-order valence-electron chi connectivity index (χ3n) is 6.54. The highest BCUT2D eigenvalue weighted by Gasteiger charge is 2.42. The van der Waals surface area contributed by atoms with Crippen LogP contribution in [0.3, 0.4) is 0 Å². The van der Waals surface area contributed by atoms with Gasteiger partial charge in [-0.05, 0) is 56.9 Å². The minimum Gasteiger partial charge on any atom is -0.394 e. The van der Waals surface area contributed by atoms with Gasteiger partial charge in [-0.15, -0.1) is 11.3 Å². The summed E-state index contributed by atoms with van der Waals surface area (Å²) < 4.78 is 5.48. The van der Waals surface area contributed by atoms with Crippen LogP contribution in [-0.2, 0) is 24.1 Å². The molecule has 1 saturated carbocycles. The number of nitrogens with zero attached hydrogens (tertiary/aromatic N) is 3. The van der Waals surface area contributed by atoms with Crippen molar-refractivity contribution < 1.29 is 9.84 Å². The molecule has 2 N–H and O–H groups in total. The molecule has 2 fully saturated rings. The summed E-state index contributed by atoms with van der Waals surface area (Å²) >= 11 is 1.85. The highest BCUT2D eigenvalue weighted by Crippen LogP contribution is 2.44. The molecule has 0 amide bonds. The number of anilines is 1. The third-order valence-corrected chi connectivity index (χ3v) is 7.73. The van der Waals surface area contributed by atoms with Crippen LogP contribution in [-0.4, -0.2) is 58.4 Å². The summed E-state index contributed by atoms with van der Waals surface area (Å²) in [6.07, 6.45) is 7.16. The Morgan fingerprint density at radius 3 is 2.75 bits per heavy atom. The van der Waals surface area contributed by atoms with Gasteiger partial charge in [0.05, 0.1) is 37.3 Å².